The first-order valence-electron chi connectivity index (χ1n) is 5.94. The van der Waals surface area contributed by atoms with E-state index in [1.165, 1.54) is 6.07 Å². The summed E-state index contributed by atoms with van der Waals surface area (Å²) in [6, 6.07) is 1.67. The second kappa shape index (κ2) is 6.10. The molecule has 6 nitrogen and oxygen atoms in total. The fourth-order valence-corrected chi connectivity index (χ4v) is 2.33. The highest BCUT2D eigenvalue weighted by Gasteiger charge is 2.19. The summed E-state index contributed by atoms with van der Waals surface area (Å²) >= 11 is 3.20. The Bertz CT molecular complexity index is 433. The molecular formula is C11H15BrN4O2. The van der Waals surface area contributed by atoms with Crippen LogP contribution in [0.2, 0.25) is 0 Å². The zero-order chi connectivity index (χ0) is 13.0. The van der Waals surface area contributed by atoms with Gasteiger partial charge in [0.2, 0.25) is 5.82 Å². The summed E-state index contributed by atoms with van der Waals surface area (Å²) < 4.78 is 0.610. The number of nitro groups is 1. The molecule has 1 aromatic heterocycles. The number of halogens is 1. The Kier molecular flexibility index (Phi) is 4.48. The molecule has 7 heteroatoms. The lowest BCUT2D eigenvalue weighted by Gasteiger charge is -2.16. The number of hydrogen-bond acceptors (Lipinski definition) is 5. The molecule has 1 saturated heterocycles. The van der Waals surface area contributed by atoms with Crippen molar-refractivity contribution in [1.82, 2.24) is 10.3 Å². The van der Waals surface area contributed by atoms with Gasteiger partial charge < -0.3 is 10.6 Å². The molecule has 0 amide bonds. The Morgan fingerprint density at radius 1 is 1.56 bits per heavy atom. The Balaban J connectivity index is 2.14. The summed E-state index contributed by atoms with van der Waals surface area (Å²) in [6.45, 7) is 1.82. The van der Waals surface area contributed by atoms with Crippen molar-refractivity contribution >= 4 is 27.4 Å². The van der Waals surface area contributed by atoms with Gasteiger partial charge in [-0.1, -0.05) is 6.42 Å². The smallest absolute Gasteiger partial charge is 0.312 e. The van der Waals surface area contributed by atoms with Crippen LogP contribution in [0.3, 0.4) is 0 Å². The summed E-state index contributed by atoms with van der Waals surface area (Å²) in [6.07, 6.45) is 4.84. The molecule has 1 fully saturated rings. The summed E-state index contributed by atoms with van der Waals surface area (Å²) in [5, 5.41) is 17.4. The Labute approximate surface area is 113 Å². The van der Waals surface area contributed by atoms with Crippen LogP contribution in [0.25, 0.3) is 0 Å². The second-order valence-electron chi connectivity index (χ2n) is 4.32. The maximum Gasteiger partial charge on any atom is 0.312 e. The zero-order valence-electron chi connectivity index (χ0n) is 9.86. The molecule has 0 aromatic carbocycles. The van der Waals surface area contributed by atoms with Gasteiger partial charge in [0.25, 0.3) is 0 Å². The van der Waals surface area contributed by atoms with Gasteiger partial charge in [0, 0.05) is 29.3 Å². The third-order valence-corrected chi connectivity index (χ3v) is 3.35. The lowest BCUT2D eigenvalue weighted by molar-refractivity contribution is -0.384. The average Bonchev–Trinajstić information content (AvgIpc) is 2.60. The van der Waals surface area contributed by atoms with E-state index in [0.29, 0.717) is 10.3 Å². The predicted octanol–water partition coefficient (Wildman–Crippen LogP) is 2.31. The van der Waals surface area contributed by atoms with E-state index in [9.17, 15) is 10.1 Å². The highest BCUT2D eigenvalue weighted by Crippen LogP contribution is 2.26. The molecule has 0 bridgehead atoms. The van der Waals surface area contributed by atoms with Crippen molar-refractivity contribution in [2.75, 3.05) is 18.4 Å². The minimum absolute atomic E-state index is 0.00798. The maximum atomic E-state index is 11.0. The molecule has 98 valence electrons. The van der Waals surface area contributed by atoms with Crippen LogP contribution in [0.5, 0.6) is 0 Å². The highest BCUT2D eigenvalue weighted by atomic mass is 79.9. The first-order chi connectivity index (χ1) is 8.66. The molecular weight excluding hydrogens is 300 g/mol. The number of aromatic nitrogens is 1. The van der Waals surface area contributed by atoms with E-state index in [1.54, 1.807) is 6.20 Å². The molecule has 2 N–H and O–H groups in total. The van der Waals surface area contributed by atoms with E-state index in [2.05, 4.69) is 31.5 Å². The summed E-state index contributed by atoms with van der Waals surface area (Å²) in [5.74, 6) is 0.344. The molecule has 0 aliphatic carbocycles. The number of anilines is 1. The van der Waals surface area contributed by atoms with E-state index in [-0.39, 0.29) is 11.7 Å². The summed E-state index contributed by atoms with van der Waals surface area (Å²) in [7, 11) is 0. The van der Waals surface area contributed by atoms with Crippen LogP contribution in [-0.4, -0.2) is 29.0 Å². The zero-order valence-corrected chi connectivity index (χ0v) is 11.4. The first kappa shape index (κ1) is 13.2. The number of pyridine rings is 1. The largest absolute Gasteiger partial charge is 0.360 e. The van der Waals surface area contributed by atoms with Crippen LogP contribution in [0.4, 0.5) is 11.5 Å². The van der Waals surface area contributed by atoms with Crippen molar-refractivity contribution in [2.45, 2.75) is 25.3 Å². The fourth-order valence-electron chi connectivity index (χ4n) is 2.01. The van der Waals surface area contributed by atoms with Gasteiger partial charge in [-0.25, -0.2) is 4.98 Å². The fraction of sp³-hybridized carbons (Fsp3) is 0.545. The minimum Gasteiger partial charge on any atom is -0.360 e. The Morgan fingerprint density at radius 3 is 3.17 bits per heavy atom. The van der Waals surface area contributed by atoms with Crippen molar-refractivity contribution in [3.8, 4) is 0 Å². The van der Waals surface area contributed by atoms with Crippen molar-refractivity contribution < 1.29 is 4.92 Å². The molecule has 2 rings (SSSR count). The van der Waals surface area contributed by atoms with E-state index < -0.39 is 4.92 Å². The van der Waals surface area contributed by atoms with Crippen molar-refractivity contribution in [3.05, 3.63) is 26.9 Å². The van der Waals surface area contributed by atoms with Gasteiger partial charge in [-0.05, 0) is 35.3 Å². The standard InChI is InChI=1S/C11H15BrN4O2/c12-8-5-10(16(17)18)11(14-6-8)15-9-3-1-2-4-13-7-9/h5-6,9,13H,1-4,7H2,(H,14,15). The van der Waals surface area contributed by atoms with E-state index in [0.717, 1.165) is 32.4 Å². The van der Waals surface area contributed by atoms with Crippen LogP contribution >= 0.6 is 15.9 Å². The number of nitrogens with one attached hydrogen (secondary N) is 2. The summed E-state index contributed by atoms with van der Waals surface area (Å²) in [5.41, 5.74) is 0.00798. The lowest BCUT2D eigenvalue weighted by Crippen LogP contribution is -2.31. The molecule has 18 heavy (non-hydrogen) atoms. The van der Waals surface area contributed by atoms with Crippen LogP contribution in [0.15, 0.2) is 16.7 Å². The highest BCUT2D eigenvalue weighted by molar-refractivity contribution is 9.10. The van der Waals surface area contributed by atoms with Gasteiger partial charge in [-0.15, -0.1) is 0 Å². The Morgan fingerprint density at radius 2 is 2.39 bits per heavy atom. The monoisotopic (exact) mass is 314 g/mol. The topological polar surface area (TPSA) is 80.1 Å². The first-order valence-corrected chi connectivity index (χ1v) is 6.73. The SMILES string of the molecule is O=[N+]([O-])c1cc(Br)cnc1NC1CCCCNC1. The quantitative estimate of drug-likeness (QED) is 0.661. The van der Waals surface area contributed by atoms with Crippen LogP contribution in [0, 0.1) is 10.1 Å². The van der Waals surface area contributed by atoms with E-state index >= 15 is 0 Å². The van der Waals surface area contributed by atoms with E-state index in [1.807, 2.05) is 0 Å². The van der Waals surface area contributed by atoms with Gasteiger partial charge in [0.1, 0.15) is 0 Å². The average molecular weight is 315 g/mol. The molecule has 1 atom stereocenters. The van der Waals surface area contributed by atoms with Gasteiger partial charge in [-0.3, -0.25) is 10.1 Å². The number of hydrogen-bond donors (Lipinski definition) is 2. The lowest BCUT2D eigenvalue weighted by atomic mass is 10.1. The van der Waals surface area contributed by atoms with Gasteiger partial charge in [-0.2, -0.15) is 0 Å². The second-order valence-corrected chi connectivity index (χ2v) is 5.24. The van der Waals surface area contributed by atoms with Gasteiger partial charge in [0.05, 0.1) is 4.92 Å². The molecule has 0 saturated carbocycles. The number of nitrogens with zero attached hydrogens (tertiary/aromatic N) is 2. The molecule has 0 spiro atoms. The van der Waals surface area contributed by atoms with Crippen molar-refractivity contribution in [2.24, 2.45) is 0 Å². The molecule has 1 aliphatic rings. The molecule has 2 heterocycles. The third-order valence-electron chi connectivity index (χ3n) is 2.92. The number of rotatable bonds is 3. The van der Waals surface area contributed by atoms with Crippen LogP contribution in [-0.2, 0) is 0 Å². The maximum absolute atomic E-state index is 11.0. The van der Waals surface area contributed by atoms with Crippen molar-refractivity contribution in [1.29, 1.82) is 0 Å². The summed E-state index contributed by atoms with van der Waals surface area (Å²) in [4.78, 5) is 14.7. The van der Waals surface area contributed by atoms with Crippen molar-refractivity contribution in [3.63, 3.8) is 0 Å². The third kappa shape index (κ3) is 3.39. The van der Waals surface area contributed by atoms with Crippen LogP contribution < -0.4 is 10.6 Å². The molecule has 1 aliphatic heterocycles. The molecule has 1 unspecified atom stereocenters. The predicted molar refractivity (Wildman–Crippen MR) is 72.7 cm³/mol. The van der Waals surface area contributed by atoms with E-state index in [4.69, 9.17) is 0 Å². The molecule has 1 aromatic rings. The molecule has 0 radical (unpaired) electrons. The minimum atomic E-state index is -0.412. The van der Waals surface area contributed by atoms with Crippen LogP contribution in [0.1, 0.15) is 19.3 Å². The normalized spacial score (nSPS) is 20.2. The Hall–Kier alpha value is -1.21. The van der Waals surface area contributed by atoms with Gasteiger partial charge >= 0.3 is 5.69 Å². The van der Waals surface area contributed by atoms with Gasteiger partial charge in [0.15, 0.2) is 0 Å².